The van der Waals surface area contributed by atoms with Crippen LogP contribution >= 0.6 is 15.6 Å². The number of rotatable bonds is 32. The Labute approximate surface area is 351 Å². The van der Waals surface area contributed by atoms with E-state index >= 15 is 0 Å². The van der Waals surface area contributed by atoms with Crippen LogP contribution in [0.4, 0.5) is 0 Å². The smallest absolute Gasteiger partial charge is 0.756 e. The summed E-state index contributed by atoms with van der Waals surface area (Å²) in [6.45, 7) is 19.2. The molecular weight excluding hydrogens is 806 g/mol. The van der Waals surface area contributed by atoms with E-state index in [9.17, 15) is 38.1 Å². The molecule has 312 valence electrons. The van der Waals surface area contributed by atoms with Crippen molar-refractivity contribution in [3.05, 3.63) is 48.6 Å². The number of phosphoric acid groups is 2. The fourth-order valence-corrected chi connectivity index (χ4v) is 3.92. The third-order valence-electron chi connectivity index (χ3n) is 5.15. The third kappa shape index (κ3) is 38.8. The number of esters is 4. The van der Waals surface area contributed by atoms with Crippen molar-refractivity contribution in [1.29, 1.82) is 0 Å². The summed E-state index contributed by atoms with van der Waals surface area (Å²) in [4.78, 5) is 67.2. The van der Waals surface area contributed by atoms with Gasteiger partial charge in [0.1, 0.15) is 26.4 Å². The van der Waals surface area contributed by atoms with Gasteiger partial charge in [-0.1, -0.05) is 26.3 Å². The van der Waals surface area contributed by atoms with Gasteiger partial charge in [-0.25, -0.2) is 19.2 Å². The maximum atomic E-state index is 11.5. The second kappa shape index (κ2) is 35.3. The monoisotopic (exact) mass is 858 g/mol. The number of hydrogen-bond acceptors (Lipinski definition) is 20. The molecule has 0 amide bonds. The first kappa shape index (κ1) is 57.5. The number of hydrogen-bond donors (Lipinski definition) is 0. The van der Waals surface area contributed by atoms with Crippen molar-refractivity contribution in [2.75, 3.05) is 106 Å². The number of phosphoric ester groups is 2. The van der Waals surface area contributed by atoms with Gasteiger partial charge >= 0.3 is 61.6 Å². The van der Waals surface area contributed by atoms with Gasteiger partial charge in [0, 0.05) is 22.3 Å². The van der Waals surface area contributed by atoms with Crippen LogP contribution in [0.5, 0.6) is 0 Å². The molecule has 0 atom stereocenters. The summed E-state index contributed by atoms with van der Waals surface area (Å²) in [6.07, 6.45) is 0. The summed E-state index contributed by atoms with van der Waals surface area (Å²) >= 11 is 0. The molecule has 0 fully saturated rings. The predicted molar refractivity (Wildman–Crippen MR) is 191 cm³/mol. The van der Waals surface area contributed by atoms with Gasteiger partial charge < -0.3 is 65.8 Å². The molecule has 0 aliphatic carbocycles. The third-order valence-corrected chi connectivity index (χ3v) is 7.14. The van der Waals surface area contributed by atoms with Crippen molar-refractivity contribution in [3.63, 3.8) is 0 Å². The zero-order valence-corrected chi connectivity index (χ0v) is 35.9. The van der Waals surface area contributed by atoms with Gasteiger partial charge in [0.25, 0.3) is 15.6 Å². The summed E-state index contributed by atoms with van der Waals surface area (Å²) < 4.78 is 80.5. The first-order valence-corrected chi connectivity index (χ1v) is 19.0. The molecule has 0 aromatic heterocycles. The van der Waals surface area contributed by atoms with Gasteiger partial charge in [-0.15, -0.1) is 0 Å². The van der Waals surface area contributed by atoms with Crippen molar-refractivity contribution in [1.82, 2.24) is 0 Å². The van der Waals surface area contributed by atoms with E-state index < -0.39 is 39.5 Å². The minimum absolute atomic E-state index is 0. The zero-order chi connectivity index (χ0) is 41.4. The maximum Gasteiger partial charge on any atom is 2.00 e. The number of carbonyl (C=O) groups excluding carboxylic acids is 4. The first-order chi connectivity index (χ1) is 25.3. The standard InChI is InChI=1S/2C16H27O10P.Ca/c2*1-13(2)15(17)23-9-5-21-7-11-25-27(19,20)26-12-8-22-6-10-24-16(18)14(3)4;/h2*1,3,5-12H2,2,4H3,(H,19,20);/q;;+2/p-2. The summed E-state index contributed by atoms with van der Waals surface area (Å²) in [5.41, 5.74) is 1.11. The molecule has 0 rings (SSSR count). The molecule has 23 heteroatoms. The largest absolute Gasteiger partial charge is 2.00 e. The van der Waals surface area contributed by atoms with E-state index in [0.717, 1.165) is 0 Å². The Morgan fingerprint density at radius 3 is 0.709 bits per heavy atom. The van der Waals surface area contributed by atoms with Crippen LogP contribution in [0.2, 0.25) is 0 Å². The molecule has 0 saturated heterocycles. The van der Waals surface area contributed by atoms with Crippen LogP contribution in [0.1, 0.15) is 27.7 Å². The average Bonchev–Trinajstić information content (AvgIpc) is 3.09. The molecule has 0 aliphatic rings. The second-order valence-corrected chi connectivity index (χ2v) is 13.2. The number of carbonyl (C=O) groups is 4. The summed E-state index contributed by atoms with van der Waals surface area (Å²) in [5.74, 6) is -2.10. The van der Waals surface area contributed by atoms with E-state index in [1.807, 2.05) is 0 Å². The summed E-state index contributed by atoms with van der Waals surface area (Å²) in [6, 6.07) is 0. The van der Waals surface area contributed by atoms with Crippen molar-refractivity contribution >= 4 is 77.3 Å². The molecule has 0 unspecified atom stereocenters. The normalized spacial score (nSPS) is 10.9. The summed E-state index contributed by atoms with van der Waals surface area (Å²) in [7, 11) is -8.93. The van der Waals surface area contributed by atoms with Gasteiger partial charge in [-0.3, -0.25) is 9.13 Å². The molecule has 55 heavy (non-hydrogen) atoms. The van der Waals surface area contributed by atoms with Crippen LogP contribution in [-0.4, -0.2) is 167 Å². The predicted octanol–water partition coefficient (Wildman–Crippen LogP) is 1.14. The van der Waals surface area contributed by atoms with Crippen LogP contribution in [0.25, 0.3) is 0 Å². The number of ether oxygens (including phenoxy) is 8. The Morgan fingerprint density at radius 1 is 0.382 bits per heavy atom. The minimum Gasteiger partial charge on any atom is -0.756 e. The average molecular weight is 859 g/mol. The van der Waals surface area contributed by atoms with Gasteiger partial charge in [0.2, 0.25) is 0 Å². The van der Waals surface area contributed by atoms with Crippen LogP contribution < -0.4 is 9.79 Å². The second-order valence-electron chi connectivity index (χ2n) is 10.3. The van der Waals surface area contributed by atoms with Gasteiger partial charge in [0.15, 0.2) is 0 Å². The van der Waals surface area contributed by atoms with E-state index in [0.29, 0.717) is 0 Å². The molecule has 20 nitrogen and oxygen atoms in total. The van der Waals surface area contributed by atoms with Gasteiger partial charge in [-0.2, -0.15) is 0 Å². The fourth-order valence-electron chi connectivity index (χ4n) is 2.58. The molecule has 0 spiro atoms. The van der Waals surface area contributed by atoms with Crippen molar-refractivity contribution < 1.29 is 94.1 Å². The van der Waals surface area contributed by atoms with E-state index in [-0.39, 0.29) is 166 Å². The quantitative estimate of drug-likeness (QED) is 0.0229. The Balaban J connectivity index is -0.000000966. The molecule has 0 heterocycles. The molecule has 0 saturated carbocycles. The fraction of sp³-hybridized carbons (Fsp3) is 0.625. The Hall–Kier alpha value is -1.84. The van der Waals surface area contributed by atoms with Crippen LogP contribution in [-0.2, 0) is 84.3 Å². The zero-order valence-electron chi connectivity index (χ0n) is 31.9. The molecule has 0 radical (unpaired) electrons. The molecule has 0 aliphatic heterocycles. The molecule has 0 bridgehead atoms. The maximum absolute atomic E-state index is 11.5. The SMILES string of the molecule is C=C(C)C(=O)OCCOCCOP(=O)([O-])OCCOCCOC(=O)C(=C)C.C=C(C)C(=O)OCCOCCOP(=O)([O-])OCCOCCOC(=O)C(=C)C.[Ca+2]. The summed E-state index contributed by atoms with van der Waals surface area (Å²) in [5, 5.41) is 0. The molecule has 0 N–H and O–H groups in total. The molecule has 0 aromatic carbocycles. The van der Waals surface area contributed by atoms with E-state index in [1.54, 1.807) is 0 Å². The van der Waals surface area contributed by atoms with E-state index in [4.69, 9.17) is 37.9 Å². The Bertz CT molecular complexity index is 1110. The molecule has 0 aromatic rings. The van der Waals surface area contributed by atoms with E-state index in [1.165, 1.54) is 27.7 Å². The van der Waals surface area contributed by atoms with Crippen molar-refractivity contribution in [2.24, 2.45) is 0 Å². The van der Waals surface area contributed by atoms with Gasteiger partial charge in [0.05, 0.1) is 79.3 Å². The minimum atomic E-state index is -4.47. The molecular formula is C32H52CaO20P2. The van der Waals surface area contributed by atoms with E-state index in [2.05, 4.69) is 44.4 Å². The van der Waals surface area contributed by atoms with Crippen LogP contribution in [0, 0.1) is 0 Å². The van der Waals surface area contributed by atoms with Gasteiger partial charge in [-0.05, 0) is 27.7 Å². The topological polar surface area (TPSA) is 259 Å². The Kier molecular flexibility index (Phi) is 36.9. The first-order valence-electron chi connectivity index (χ1n) is 16.1. The van der Waals surface area contributed by atoms with Crippen LogP contribution in [0.15, 0.2) is 48.6 Å². The van der Waals surface area contributed by atoms with Crippen molar-refractivity contribution in [2.45, 2.75) is 27.7 Å². The van der Waals surface area contributed by atoms with Crippen LogP contribution in [0.3, 0.4) is 0 Å². The van der Waals surface area contributed by atoms with Crippen molar-refractivity contribution in [3.8, 4) is 0 Å². The Morgan fingerprint density at radius 2 is 0.545 bits per heavy atom.